The fourth-order valence-electron chi connectivity index (χ4n) is 2.49. The lowest BCUT2D eigenvalue weighted by atomic mass is 10.1. The number of benzene rings is 2. The van der Waals surface area contributed by atoms with E-state index in [0.717, 1.165) is 0 Å². The number of urea groups is 1. The molecule has 8 nitrogen and oxygen atoms in total. The number of fused-ring (bicyclic) bond motifs is 1. The van der Waals surface area contributed by atoms with Crippen molar-refractivity contribution in [2.75, 3.05) is 12.4 Å². The molecule has 0 atom stereocenters. The molecule has 0 bridgehead atoms. The topological polar surface area (TPSA) is 110 Å². The van der Waals surface area contributed by atoms with Crippen LogP contribution in [0.15, 0.2) is 47.4 Å². The van der Waals surface area contributed by atoms with Crippen molar-refractivity contribution in [1.82, 2.24) is 14.7 Å². The van der Waals surface area contributed by atoms with Crippen molar-refractivity contribution in [1.29, 1.82) is 0 Å². The first-order chi connectivity index (χ1) is 12.8. The van der Waals surface area contributed by atoms with Gasteiger partial charge < -0.3 is 4.74 Å². The van der Waals surface area contributed by atoms with Gasteiger partial charge >= 0.3 is 6.03 Å². The Hall–Kier alpha value is -2.91. The Balaban J connectivity index is 1.89. The summed E-state index contributed by atoms with van der Waals surface area (Å²) < 4.78 is 32.3. The number of nitrogens with zero attached hydrogens (tertiary/aromatic N) is 2. The minimum absolute atomic E-state index is 0.0875. The summed E-state index contributed by atoms with van der Waals surface area (Å²) in [6.45, 7) is 1.68. The molecule has 1 heterocycles. The highest BCUT2D eigenvalue weighted by atomic mass is 35.5. The van der Waals surface area contributed by atoms with E-state index < -0.39 is 16.1 Å². The van der Waals surface area contributed by atoms with Crippen LogP contribution >= 0.6 is 11.6 Å². The van der Waals surface area contributed by atoms with Gasteiger partial charge in [0.2, 0.25) is 11.8 Å². The molecule has 2 aromatic carbocycles. The van der Waals surface area contributed by atoms with Crippen LogP contribution in [0, 0.1) is 6.92 Å². The lowest BCUT2D eigenvalue weighted by molar-refractivity contribution is 0.256. The number of anilines is 1. The predicted octanol–water partition coefficient (Wildman–Crippen LogP) is 3.11. The number of methoxy groups -OCH3 is 1. The summed E-state index contributed by atoms with van der Waals surface area (Å²) in [5.74, 6) is 0.150. The molecule has 1 aromatic heterocycles. The maximum absolute atomic E-state index is 12.7. The van der Waals surface area contributed by atoms with E-state index >= 15 is 0 Å². The fourth-order valence-corrected chi connectivity index (χ4v) is 3.99. The molecule has 10 heteroatoms. The van der Waals surface area contributed by atoms with Crippen LogP contribution in [-0.2, 0) is 10.0 Å². The molecule has 2 N–H and O–H groups in total. The highest BCUT2D eigenvalue weighted by Crippen LogP contribution is 2.29. The van der Waals surface area contributed by atoms with E-state index in [4.69, 9.17) is 16.3 Å². The third kappa shape index (κ3) is 4.09. The number of aromatic nitrogens is 2. The highest BCUT2D eigenvalue weighted by Gasteiger charge is 2.22. The third-order valence-electron chi connectivity index (χ3n) is 3.60. The quantitative estimate of drug-likeness (QED) is 0.688. The third-order valence-corrected chi connectivity index (χ3v) is 5.29. The zero-order valence-corrected chi connectivity index (χ0v) is 15.9. The molecule has 140 valence electrons. The summed E-state index contributed by atoms with van der Waals surface area (Å²) in [4.78, 5) is 20.0. The Morgan fingerprint density at radius 1 is 1.15 bits per heavy atom. The zero-order valence-electron chi connectivity index (χ0n) is 14.4. The number of ether oxygens (including phenoxy) is 1. The Morgan fingerprint density at radius 3 is 2.56 bits per heavy atom. The minimum Gasteiger partial charge on any atom is -0.481 e. The number of carbonyl (C=O) groups excluding carboxylic acids is 1. The van der Waals surface area contributed by atoms with Crippen molar-refractivity contribution >= 4 is 44.4 Å². The number of hydrogen-bond acceptors (Lipinski definition) is 6. The van der Waals surface area contributed by atoms with Crippen molar-refractivity contribution in [3.63, 3.8) is 0 Å². The second kappa shape index (κ2) is 7.37. The lowest BCUT2D eigenvalue weighted by Crippen LogP contribution is -2.35. The Kier molecular flexibility index (Phi) is 5.15. The lowest BCUT2D eigenvalue weighted by Gasteiger charge is -2.11. The molecular weight excluding hydrogens is 392 g/mol. The molecule has 3 rings (SSSR count). The molecule has 2 amide bonds. The van der Waals surface area contributed by atoms with Gasteiger partial charge in [-0.1, -0.05) is 35.9 Å². The summed E-state index contributed by atoms with van der Waals surface area (Å²) in [7, 11) is -2.77. The first-order valence-corrected chi connectivity index (χ1v) is 9.57. The largest absolute Gasteiger partial charge is 0.481 e. The maximum atomic E-state index is 12.7. The normalized spacial score (nSPS) is 11.2. The molecule has 0 radical (unpaired) electrons. The van der Waals surface area contributed by atoms with E-state index in [0.29, 0.717) is 16.5 Å². The summed E-state index contributed by atoms with van der Waals surface area (Å²) >= 11 is 6.16. The number of halogens is 1. The molecule has 0 aliphatic heterocycles. The van der Waals surface area contributed by atoms with Gasteiger partial charge in [0.25, 0.3) is 10.0 Å². The summed E-state index contributed by atoms with van der Waals surface area (Å²) in [5, 5.41) is 3.51. The van der Waals surface area contributed by atoms with Crippen LogP contribution in [0.3, 0.4) is 0 Å². The summed E-state index contributed by atoms with van der Waals surface area (Å²) in [5.41, 5.74) is 0.542. The van der Waals surface area contributed by atoms with Gasteiger partial charge in [-0.15, -0.1) is 0 Å². The molecule has 3 aromatic rings. The van der Waals surface area contributed by atoms with Crippen LogP contribution in [0.1, 0.15) is 5.69 Å². The van der Waals surface area contributed by atoms with Crippen molar-refractivity contribution in [2.24, 2.45) is 0 Å². The van der Waals surface area contributed by atoms with Crippen LogP contribution in [0.5, 0.6) is 5.88 Å². The monoisotopic (exact) mass is 406 g/mol. The molecule has 0 aliphatic carbocycles. The number of aryl methyl sites for hydroxylation is 1. The number of nitrogens with one attached hydrogen (secondary N) is 2. The van der Waals surface area contributed by atoms with Gasteiger partial charge in [-0.2, -0.15) is 4.98 Å². The van der Waals surface area contributed by atoms with E-state index in [1.165, 1.54) is 13.2 Å². The van der Waals surface area contributed by atoms with Crippen LogP contribution < -0.4 is 14.8 Å². The van der Waals surface area contributed by atoms with E-state index in [-0.39, 0.29) is 21.7 Å². The van der Waals surface area contributed by atoms with Gasteiger partial charge in [-0.05, 0) is 24.4 Å². The SMILES string of the molecule is COc1cc(C)nc(NC(=O)NS(=O)(=O)c2cccc3cccc(Cl)c23)n1. The molecule has 0 spiro atoms. The molecule has 0 saturated carbocycles. The Bertz CT molecular complexity index is 1130. The minimum atomic E-state index is -4.19. The van der Waals surface area contributed by atoms with Crippen molar-refractivity contribution in [3.8, 4) is 5.88 Å². The summed E-state index contributed by atoms with van der Waals surface area (Å²) in [6.07, 6.45) is 0. The van der Waals surface area contributed by atoms with Gasteiger partial charge in [0.15, 0.2) is 0 Å². The van der Waals surface area contributed by atoms with Gasteiger partial charge in [0, 0.05) is 22.2 Å². The molecule has 0 unspecified atom stereocenters. The average Bonchev–Trinajstić information content (AvgIpc) is 2.60. The number of carbonyl (C=O) groups is 1. The predicted molar refractivity (Wildman–Crippen MR) is 102 cm³/mol. The molecule has 0 saturated heterocycles. The zero-order chi connectivity index (χ0) is 19.6. The molecular formula is C17H15ClN4O4S. The average molecular weight is 407 g/mol. The van der Waals surface area contributed by atoms with Crippen LogP contribution in [0.2, 0.25) is 5.02 Å². The smallest absolute Gasteiger partial charge is 0.335 e. The number of hydrogen-bond donors (Lipinski definition) is 2. The number of rotatable bonds is 4. The number of amides is 2. The van der Waals surface area contributed by atoms with Crippen molar-refractivity contribution in [3.05, 3.63) is 53.2 Å². The van der Waals surface area contributed by atoms with Crippen LogP contribution in [0.4, 0.5) is 10.7 Å². The molecule has 27 heavy (non-hydrogen) atoms. The van der Waals surface area contributed by atoms with Crippen molar-refractivity contribution < 1.29 is 17.9 Å². The van der Waals surface area contributed by atoms with Gasteiger partial charge in [-0.3, -0.25) is 5.32 Å². The first kappa shape index (κ1) is 18.9. The Labute approximate surface area is 160 Å². The van der Waals surface area contributed by atoms with Gasteiger partial charge in [0.05, 0.1) is 12.0 Å². The molecule has 0 fully saturated rings. The standard InChI is InChI=1S/C17H15ClN4O4S/c1-10-9-14(26-2)20-16(19-10)21-17(23)22-27(24,25)13-8-4-6-11-5-3-7-12(18)15(11)13/h3-9H,1-2H3,(H2,19,20,21,22,23). The number of sulfonamides is 1. The van der Waals surface area contributed by atoms with Crippen LogP contribution in [0.25, 0.3) is 10.8 Å². The van der Waals surface area contributed by atoms with E-state index in [1.54, 1.807) is 43.3 Å². The van der Waals surface area contributed by atoms with E-state index in [1.807, 2.05) is 4.72 Å². The second-order valence-corrected chi connectivity index (χ2v) is 7.59. The highest BCUT2D eigenvalue weighted by molar-refractivity contribution is 7.90. The maximum Gasteiger partial charge on any atom is 0.335 e. The fraction of sp³-hybridized carbons (Fsp3) is 0.118. The van der Waals surface area contributed by atoms with Crippen molar-refractivity contribution in [2.45, 2.75) is 11.8 Å². The van der Waals surface area contributed by atoms with Gasteiger partial charge in [-0.25, -0.2) is 22.9 Å². The van der Waals surface area contributed by atoms with Gasteiger partial charge in [0.1, 0.15) is 0 Å². The van der Waals surface area contributed by atoms with E-state index in [9.17, 15) is 13.2 Å². The summed E-state index contributed by atoms with van der Waals surface area (Å²) in [6, 6.07) is 10.2. The molecule has 0 aliphatic rings. The Morgan fingerprint density at radius 2 is 1.85 bits per heavy atom. The first-order valence-electron chi connectivity index (χ1n) is 7.71. The van der Waals surface area contributed by atoms with Crippen LogP contribution in [-0.4, -0.2) is 31.5 Å². The second-order valence-electron chi connectivity index (χ2n) is 5.53. The van der Waals surface area contributed by atoms with E-state index in [2.05, 4.69) is 15.3 Å².